The van der Waals surface area contributed by atoms with Crippen LogP contribution in [0.1, 0.15) is 15.9 Å². The molecule has 0 fully saturated rings. The lowest BCUT2D eigenvalue weighted by molar-refractivity contribution is -0.143. The Hall–Kier alpha value is -2.47. The summed E-state index contributed by atoms with van der Waals surface area (Å²) in [5, 5.41) is 2.45. The van der Waals surface area contributed by atoms with Crippen molar-refractivity contribution in [1.29, 1.82) is 0 Å². The van der Waals surface area contributed by atoms with Gasteiger partial charge < -0.3 is 10.1 Å². The van der Waals surface area contributed by atoms with E-state index in [-0.39, 0.29) is 23.7 Å². The fourth-order valence-corrected chi connectivity index (χ4v) is 1.95. The average Bonchev–Trinajstić information content (AvgIpc) is 2.51. The maximum Gasteiger partial charge on any atom is 0.325 e. The molecule has 2 rings (SSSR count). The molecule has 0 aliphatic carbocycles. The molecule has 0 saturated heterocycles. The number of rotatable bonds is 5. The number of hydrogen-bond acceptors (Lipinski definition) is 3. The number of ether oxygens (including phenoxy) is 1. The Morgan fingerprint density at radius 2 is 1.83 bits per heavy atom. The van der Waals surface area contributed by atoms with Gasteiger partial charge in [-0.05, 0) is 30.3 Å². The summed E-state index contributed by atoms with van der Waals surface area (Å²) in [7, 11) is 0. The van der Waals surface area contributed by atoms with Gasteiger partial charge in [0.15, 0.2) is 0 Å². The Bertz CT molecular complexity index is 737. The minimum Gasteiger partial charge on any atom is -0.459 e. The minimum atomic E-state index is -0.699. The third-order valence-electron chi connectivity index (χ3n) is 2.88. The number of esters is 1. The standard InChI is InChI=1S/C16H12ClF2NO3/c17-14-7-13(19)5-4-11(14)9-23-15(21)8-20-16(22)10-2-1-3-12(18)6-10/h1-7H,8-9H2,(H,20,22). The topological polar surface area (TPSA) is 55.4 Å². The molecule has 0 atom stereocenters. The minimum absolute atomic E-state index is 0.0966. The van der Waals surface area contributed by atoms with Crippen LogP contribution in [0.3, 0.4) is 0 Å². The first kappa shape index (κ1) is 16.9. The lowest BCUT2D eigenvalue weighted by Gasteiger charge is -2.08. The van der Waals surface area contributed by atoms with Gasteiger partial charge in [0.05, 0.1) is 5.02 Å². The second-order valence-electron chi connectivity index (χ2n) is 4.59. The van der Waals surface area contributed by atoms with Gasteiger partial charge in [-0.3, -0.25) is 9.59 Å². The summed E-state index contributed by atoms with van der Waals surface area (Å²) in [6.45, 7) is -0.526. The van der Waals surface area contributed by atoms with Crippen molar-refractivity contribution < 1.29 is 23.1 Å². The highest BCUT2D eigenvalue weighted by Gasteiger charge is 2.10. The number of amides is 1. The van der Waals surface area contributed by atoms with Crippen molar-refractivity contribution in [2.24, 2.45) is 0 Å². The van der Waals surface area contributed by atoms with Crippen LogP contribution in [0.5, 0.6) is 0 Å². The number of halogens is 3. The van der Waals surface area contributed by atoms with Gasteiger partial charge in [-0.1, -0.05) is 23.7 Å². The highest BCUT2D eigenvalue weighted by atomic mass is 35.5. The zero-order chi connectivity index (χ0) is 16.8. The van der Waals surface area contributed by atoms with E-state index in [4.69, 9.17) is 16.3 Å². The molecule has 2 aromatic rings. The summed E-state index contributed by atoms with van der Waals surface area (Å²) in [5.74, 6) is -2.34. The first-order chi connectivity index (χ1) is 11.0. The first-order valence-electron chi connectivity index (χ1n) is 6.59. The molecular formula is C16H12ClF2NO3. The van der Waals surface area contributed by atoms with Crippen LogP contribution >= 0.6 is 11.6 Å². The van der Waals surface area contributed by atoms with Crippen molar-refractivity contribution in [3.63, 3.8) is 0 Å². The molecule has 0 aliphatic rings. The smallest absolute Gasteiger partial charge is 0.325 e. The predicted molar refractivity (Wildman–Crippen MR) is 79.9 cm³/mol. The van der Waals surface area contributed by atoms with E-state index >= 15 is 0 Å². The van der Waals surface area contributed by atoms with E-state index in [1.165, 1.54) is 30.3 Å². The molecule has 7 heteroatoms. The fraction of sp³-hybridized carbons (Fsp3) is 0.125. The summed E-state index contributed by atoms with van der Waals surface area (Å²) in [5.41, 5.74) is 0.539. The second-order valence-corrected chi connectivity index (χ2v) is 5.00. The molecule has 4 nitrogen and oxygen atoms in total. The van der Waals surface area contributed by atoms with Gasteiger partial charge in [-0.2, -0.15) is 0 Å². The molecule has 0 radical (unpaired) electrons. The van der Waals surface area contributed by atoms with Crippen LogP contribution in [0.2, 0.25) is 5.02 Å². The number of carbonyl (C=O) groups excluding carboxylic acids is 2. The molecule has 0 bridgehead atoms. The van der Waals surface area contributed by atoms with Gasteiger partial charge in [-0.15, -0.1) is 0 Å². The van der Waals surface area contributed by atoms with E-state index < -0.39 is 23.5 Å². The molecule has 0 aromatic heterocycles. The zero-order valence-electron chi connectivity index (χ0n) is 11.8. The number of carbonyl (C=O) groups is 2. The van der Waals surface area contributed by atoms with E-state index in [0.717, 1.165) is 12.1 Å². The van der Waals surface area contributed by atoms with Gasteiger partial charge in [0.1, 0.15) is 24.8 Å². The molecular weight excluding hydrogens is 328 g/mol. The third-order valence-corrected chi connectivity index (χ3v) is 3.24. The molecule has 0 saturated carbocycles. The van der Waals surface area contributed by atoms with Crippen LogP contribution in [0.4, 0.5) is 8.78 Å². The van der Waals surface area contributed by atoms with Crippen LogP contribution in [0.25, 0.3) is 0 Å². The van der Waals surface area contributed by atoms with E-state index in [9.17, 15) is 18.4 Å². The molecule has 120 valence electrons. The normalized spacial score (nSPS) is 10.2. The number of hydrogen-bond donors (Lipinski definition) is 1. The maximum atomic E-state index is 13.0. The first-order valence-corrected chi connectivity index (χ1v) is 6.97. The fourth-order valence-electron chi connectivity index (χ4n) is 1.73. The zero-order valence-corrected chi connectivity index (χ0v) is 12.6. The van der Waals surface area contributed by atoms with Crippen LogP contribution in [0.15, 0.2) is 42.5 Å². The van der Waals surface area contributed by atoms with E-state index in [1.54, 1.807) is 0 Å². The van der Waals surface area contributed by atoms with Crippen LogP contribution in [0, 0.1) is 11.6 Å². The second kappa shape index (κ2) is 7.69. The molecule has 1 N–H and O–H groups in total. The number of nitrogens with one attached hydrogen (secondary N) is 1. The monoisotopic (exact) mass is 339 g/mol. The molecule has 2 aromatic carbocycles. The van der Waals surface area contributed by atoms with Crippen molar-refractivity contribution in [1.82, 2.24) is 5.32 Å². The van der Waals surface area contributed by atoms with E-state index in [2.05, 4.69) is 5.32 Å². The summed E-state index contributed by atoms with van der Waals surface area (Å²) in [6.07, 6.45) is 0. The average molecular weight is 340 g/mol. The van der Waals surface area contributed by atoms with Crippen molar-refractivity contribution in [2.45, 2.75) is 6.61 Å². The molecule has 1 amide bonds. The highest BCUT2D eigenvalue weighted by Crippen LogP contribution is 2.17. The van der Waals surface area contributed by atoms with E-state index in [1.807, 2.05) is 0 Å². The summed E-state index contributed by atoms with van der Waals surface area (Å²) in [4.78, 5) is 23.3. The molecule has 0 aliphatic heterocycles. The molecule has 0 spiro atoms. The summed E-state index contributed by atoms with van der Waals surface area (Å²) in [6, 6.07) is 8.77. The Labute approximate surface area is 136 Å². The Morgan fingerprint density at radius 3 is 2.52 bits per heavy atom. The SMILES string of the molecule is O=C(CNC(=O)c1cccc(F)c1)OCc1ccc(F)cc1Cl. The van der Waals surface area contributed by atoms with Crippen molar-refractivity contribution in [3.8, 4) is 0 Å². The molecule has 0 heterocycles. The Balaban J connectivity index is 1.82. The van der Waals surface area contributed by atoms with Crippen LogP contribution in [-0.4, -0.2) is 18.4 Å². The predicted octanol–water partition coefficient (Wildman–Crippen LogP) is 3.09. The van der Waals surface area contributed by atoms with E-state index in [0.29, 0.717) is 5.56 Å². The van der Waals surface area contributed by atoms with Crippen molar-refractivity contribution >= 4 is 23.5 Å². The summed E-state index contributed by atoms with van der Waals surface area (Å²) < 4.78 is 30.8. The van der Waals surface area contributed by atoms with Crippen LogP contribution < -0.4 is 5.32 Å². The molecule has 0 unspecified atom stereocenters. The summed E-state index contributed by atoms with van der Waals surface area (Å²) >= 11 is 5.80. The van der Waals surface area contributed by atoms with Crippen molar-refractivity contribution in [3.05, 3.63) is 70.2 Å². The van der Waals surface area contributed by atoms with Gasteiger partial charge in [-0.25, -0.2) is 8.78 Å². The lowest BCUT2D eigenvalue weighted by atomic mass is 10.2. The largest absolute Gasteiger partial charge is 0.459 e. The highest BCUT2D eigenvalue weighted by molar-refractivity contribution is 6.31. The van der Waals surface area contributed by atoms with Gasteiger partial charge in [0.25, 0.3) is 5.91 Å². The quantitative estimate of drug-likeness (QED) is 0.852. The van der Waals surface area contributed by atoms with Crippen molar-refractivity contribution in [2.75, 3.05) is 6.54 Å². The van der Waals surface area contributed by atoms with Gasteiger partial charge in [0, 0.05) is 11.1 Å². The number of benzene rings is 2. The lowest BCUT2D eigenvalue weighted by Crippen LogP contribution is -2.30. The van der Waals surface area contributed by atoms with Crippen LogP contribution in [-0.2, 0) is 16.1 Å². The van der Waals surface area contributed by atoms with Gasteiger partial charge >= 0.3 is 5.97 Å². The maximum absolute atomic E-state index is 13.0. The third kappa shape index (κ3) is 5.03. The van der Waals surface area contributed by atoms with Gasteiger partial charge in [0.2, 0.25) is 0 Å². The Kier molecular flexibility index (Phi) is 5.65. The Morgan fingerprint density at radius 1 is 1.09 bits per heavy atom. The molecule has 23 heavy (non-hydrogen) atoms.